The molecule has 84 valence electrons. The lowest BCUT2D eigenvalue weighted by Gasteiger charge is -1.97. The summed E-state index contributed by atoms with van der Waals surface area (Å²) in [5.41, 5.74) is 0. The molecule has 0 aliphatic rings. The van der Waals surface area contributed by atoms with Crippen LogP contribution in [0.4, 0.5) is 0 Å². The molecule has 0 bridgehead atoms. The average Bonchev–Trinajstić information content (AvgIpc) is 2.14. The number of carboxylic acids is 2. The normalized spacial score (nSPS) is 11.2. The van der Waals surface area contributed by atoms with Gasteiger partial charge in [0.2, 0.25) is 0 Å². The Morgan fingerprint density at radius 1 is 0.933 bits per heavy atom. The van der Waals surface area contributed by atoms with Gasteiger partial charge in [0.05, 0.1) is 13.2 Å². The lowest BCUT2D eigenvalue weighted by molar-refractivity contribution is -0.132. The molecule has 0 aromatic carbocycles. The zero-order valence-electron chi connectivity index (χ0n) is 8.26. The Bertz CT molecular complexity index is 229. The van der Waals surface area contributed by atoms with Gasteiger partial charge in [-0.25, -0.2) is 9.59 Å². The third kappa shape index (κ3) is 12.4. The van der Waals surface area contributed by atoms with Crippen LogP contribution >= 0.6 is 0 Å². The molecule has 0 saturated heterocycles. The van der Waals surface area contributed by atoms with Crippen molar-refractivity contribution in [2.75, 3.05) is 13.2 Å². The molecule has 0 amide bonds. The van der Waals surface area contributed by atoms with Gasteiger partial charge in [-0.1, -0.05) is 12.2 Å². The highest BCUT2D eigenvalue weighted by atomic mass is 16.5. The van der Waals surface area contributed by atoms with Crippen molar-refractivity contribution in [3.8, 4) is 0 Å². The van der Waals surface area contributed by atoms with Crippen LogP contribution in [0.15, 0.2) is 24.3 Å². The molecule has 0 fully saturated rings. The van der Waals surface area contributed by atoms with Gasteiger partial charge in [0.1, 0.15) is 0 Å². The maximum atomic E-state index is 10.0. The van der Waals surface area contributed by atoms with E-state index in [1.807, 2.05) is 0 Å². The topological polar surface area (TPSA) is 83.8 Å². The lowest BCUT2D eigenvalue weighted by Crippen LogP contribution is -1.95. The quantitative estimate of drug-likeness (QED) is 0.466. The summed E-state index contributed by atoms with van der Waals surface area (Å²) < 4.78 is 5.11. The number of rotatable bonds is 8. The van der Waals surface area contributed by atoms with Crippen LogP contribution in [0.1, 0.15) is 12.8 Å². The highest BCUT2D eigenvalue weighted by molar-refractivity contribution is 5.79. The molecule has 15 heavy (non-hydrogen) atoms. The summed E-state index contributed by atoms with van der Waals surface area (Å²) in [4.78, 5) is 20.1. The zero-order valence-corrected chi connectivity index (χ0v) is 8.26. The molecule has 0 unspecified atom stereocenters. The van der Waals surface area contributed by atoms with E-state index in [9.17, 15) is 9.59 Å². The van der Waals surface area contributed by atoms with E-state index in [4.69, 9.17) is 14.9 Å². The number of carboxylic acid groups (broad SMARTS) is 2. The fraction of sp³-hybridized carbons (Fsp3) is 0.400. The summed E-state index contributed by atoms with van der Waals surface area (Å²) in [6.45, 7) is 0.870. The Labute approximate surface area is 87.7 Å². The van der Waals surface area contributed by atoms with Crippen molar-refractivity contribution in [3.63, 3.8) is 0 Å². The Morgan fingerprint density at radius 2 is 1.33 bits per heavy atom. The van der Waals surface area contributed by atoms with Crippen molar-refractivity contribution in [2.24, 2.45) is 0 Å². The van der Waals surface area contributed by atoms with Crippen molar-refractivity contribution in [2.45, 2.75) is 12.8 Å². The van der Waals surface area contributed by atoms with Crippen molar-refractivity contribution < 1.29 is 24.5 Å². The molecule has 2 N–H and O–H groups in total. The minimum Gasteiger partial charge on any atom is -0.478 e. The monoisotopic (exact) mass is 214 g/mol. The second-order valence-electron chi connectivity index (χ2n) is 2.67. The molecule has 0 atom stereocenters. The smallest absolute Gasteiger partial charge is 0.327 e. The van der Waals surface area contributed by atoms with Crippen LogP contribution in [0, 0.1) is 0 Å². The zero-order chi connectivity index (χ0) is 11.5. The van der Waals surface area contributed by atoms with E-state index in [1.165, 1.54) is 12.2 Å². The number of ether oxygens (including phenoxy) is 1. The second-order valence-corrected chi connectivity index (χ2v) is 2.67. The van der Waals surface area contributed by atoms with E-state index in [0.29, 0.717) is 26.1 Å². The molecule has 0 aromatic rings. The summed E-state index contributed by atoms with van der Waals surface area (Å²) in [5.74, 6) is -1.95. The third-order valence-electron chi connectivity index (χ3n) is 1.38. The summed E-state index contributed by atoms with van der Waals surface area (Å²) in [6, 6.07) is 0. The molecule has 0 saturated carbocycles. The highest BCUT2D eigenvalue weighted by Crippen LogP contribution is 1.89. The van der Waals surface area contributed by atoms with Crippen LogP contribution in [0.3, 0.4) is 0 Å². The molecule has 5 nitrogen and oxygen atoms in total. The van der Waals surface area contributed by atoms with Gasteiger partial charge in [-0.05, 0) is 12.8 Å². The van der Waals surface area contributed by atoms with E-state index >= 15 is 0 Å². The van der Waals surface area contributed by atoms with Crippen LogP contribution in [-0.2, 0) is 14.3 Å². The third-order valence-corrected chi connectivity index (χ3v) is 1.38. The number of aliphatic carboxylic acids is 2. The largest absolute Gasteiger partial charge is 0.478 e. The van der Waals surface area contributed by atoms with Crippen LogP contribution < -0.4 is 0 Å². The average molecular weight is 214 g/mol. The first-order chi connectivity index (χ1) is 7.13. The van der Waals surface area contributed by atoms with Gasteiger partial charge in [-0.2, -0.15) is 0 Å². The maximum Gasteiger partial charge on any atom is 0.327 e. The molecule has 0 spiro atoms. The molecule has 0 rings (SSSR count). The van der Waals surface area contributed by atoms with Gasteiger partial charge in [-0.15, -0.1) is 0 Å². The van der Waals surface area contributed by atoms with Crippen molar-refractivity contribution in [1.82, 2.24) is 0 Å². The molecule has 0 aromatic heterocycles. The molecular weight excluding hydrogens is 200 g/mol. The van der Waals surface area contributed by atoms with Crippen LogP contribution in [-0.4, -0.2) is 35.4 Å². The van der Waals surface area contributed by atoms with Gasteiger partial charge in [0, 0.05) is 12.2 Å². The Kier molecular flexibility index (Phi) is 7.99. The molecule has 0 aliphatic heterocycles. The first kappa shape index (κ1) is 13.4. The van der Waals surface area contributed by atoms with E-state index in [2.05, 4.69) is 0 Å². The summed E-state index contributed by atoms with van der Waals surface area (Å²) in [6.07, 6.45) is 6.22. The van der Waals surface area contributed by atoms with Gasteiger partial charge in [0.15, 0.2) is 0 Å². The Balaban J connectivity index is 3.25. The number of hydrogen-bond donors (Lipinski definition) is 2. The number of carbonyl (C=O) groups is 2. The molecule has 0 aliphatic carbocycles. The van der Waals surface area contributed by atoms with E-state index < -0.39 is 11.9 Å². The van der Waals surface area contributed by atoms with Crippen LogP contribution in [0.25, 0.3) is 0 Å². The molecule has 5 heteroatoms. The second kappa shape index (κ2) is 8.96. The summed E-state index contributed by atoms with van der Waals surface area (Å²) in [5, 5.41) is 16.5. The van der Waals surface area contributed by atoms with E-state index in [-0.39, 0.29) is 0 Å². The van der Waals surface area contributed by atoms with Gasteiger partial charge < -0.3 is 14.9 Å². The maximum absolute atomic E-state index is 10.0. The lowest BCUT2D eigenvalue weighted by atomic mass is 10.4. The fourth-order valence-electron chi connectivity index (χ4n) is 0.773. The predicted molar refractivity (Wildman–Crippen MR) is 53.6 cm³/mol. The van der Waals surface area contributed by atoms with E-state index in [0.717, 1.165) is 12.2 Å². The molecular formula is C10H14O5. The number of hydrogen-bond acceptors (Lipinski definition) is 3. The van der Waals surface area contributed by atoms with Crippen molar-refractivity contribution in [3.05, 3.63) is 24.3 Å². The minimum atomic E-state index is -0.973. The first-order valence-corrected chi connectivity index (χ1v) is 4.49. The van der Waals surface area contributed by atoms with Gasteiger partial charge >= 0.3 is 11.9 Å². The first-order valence-electron chi connectivity index (χ1n) is 4.49. The summed E-state index contributed by atoms with van der Waals surface area (Å²) in [7, 11) is 0. The van der Waals surface area contributed by atoms with Crippen molar-refractivity contribution in [1.29, 1.82) is 0 Å². The molecule has 0 radical (unpaired) electrons. The van der Waals surface area contributed by atoms with E-state index in [1.54, 1.807) is 0 Å². The van der Waals surface area contributed by atoms with Crippen LogP contribution in [0.5, 0.6) is 0 Å². The van der Waals surface area contributed by atoms with Crippen LogP contribution in [0.2, 0.25) is 0 Å². The fourth-order valence-corrected chi connectivity index (χ4v) is 0.773. The SMILES string of the molecule is O=C(O)C=CCCOCCC=CC(=O)O. The summed E-state index contributed by atoms with van der Waals surface area (Å²) >= 11 is 0. The standard InChI is InChI=1S/C10H14O5/c11-9(12)5-1-3-7-15-8-4-2-6-10(13)14/h1-2,5-6H,3-4,7-8H2,(H,11,12)(H,13,14). The van der Waals surface area contributed by atoms with Gasteiger partial charge in [0.25, 0.3) is 0 Å². The highest BCUT2D eigenvalue weighted by Gasteiger charge is 1.88. The minimum absolute atomic E-state index is 0.435. The Hall–Kier alpha value is -1.62. The van der Waals surface area contributed by atoms with Gasteiger partial charge in [-0.3, -0.25) is 0 Å². The van der Waals surface area contributed by atoms with Crippen molar-refractivity contribution >= 4 is 11.9 Å². The predicted octanol–water partition coefficient (Wildman–Crippen LogP) is 1.06. The molecule has 0 heterocycles. The Morgan fingerprint density at radius 3 is 1.67 bits per heavy atom.